The number of nitrogens with zero attached hydrogens (tertiary/aromatic N) is 1. The van der Waals surface area contributed by atoms with E-state index in [1.54, 1.807) is 6.92 Å². The van der Waals surface area contributed by atoms with Gasteiger partial charge in [0.25, 0.3) is 0 Å². The van der Waals surface area contributed by atoms with E-state index in [1.807, 2.05) is 0 Å². The summed E-state index contributed by atoms with van der Waals surface area (Å²) in [6.07, 6.45) is 2.50. The lowest BCUT2D eigenvalue weighted by Gasteiger charge is -2.43. The Bertz CT molecular complexity index is 572. The number of carbonyl (C=O) groups excluding carboxylic acids is 1. The van der Waals surface area contributed by atoms with Crippen LogP contribution >= 0.6 is 0 Å². The Kier molecular flexibility index (Phi) is 4.59. The fourth-order valence-electron chi connectivity index (χ4n) is 2.72. The van der Waals surface area contributed by atoms with Crippen LogP contribution in [-0.2, 0) is 19.0 Å². The summed E-state index contributed by atoms with van der Waals surface area (Å²) in [4.78, 5) is 13.3. The molecule has 2 rings (SSSR count). The molecule has 1 amide bonds. The van der Waals surface area contributed by atoms with Crippen molar-refractivity contribution in [3.05, 3.63) is 11.8 Å². The lowest BCUT2D eigenvalue weighted by Crippen LogP contribution is -2.52. The monoisotopic (exact) mass is 343 g/mol. The number of rotatable bonds is 3. The second-order valence-corrected chi connectivity index (χ2v) is 6.62. The maximum absolute atomic E-state index is 12.4. The number of hydrogen-bond acceptors (Lipinski definition) is 5. The quantitative estimate of drug-likeness (QED) is 0.582. The minimum atomic E-state index is -5.68. The van der Waals surface area contributed by atoms with Gasteiger partial charge in [0.05, 0.1) is 12.6 Å². The molecule has 0 unspecified atom stereocenters. The molecular weight excluding hydrogens is 327 g/mol. The van der Waals surface area contributed by atoms with E-state index < -0.39 is 33.8 Å². The highest BCUT2D eigenvalue weighted by molar-refractivity contribution is 7.87. The number of amides is 1. The van der Waals surface area contributed by atoms with Crippen LogP contribution in [0.4, 0.5) is 18.0 Å². The first-order valence-corrected chi connectivity index (χ1v) is 8.23. The molecule has 0 aromatic rings. The van der Waals surface area contributed by atoms with Crippen molar-refractivity contribution in [3.63, 3.8) is 0 Å². The molecule has 2 aliphatic rings. The average molecular weight is 343 g/mol. The van der Waals surface area contributed by atoms with Gasteiger partial charge in [0.2, 0.25) is 0 Å². The van der Waals surface area contributed by atoms with Crippen LogP contribution in [0.15, 0.2) is 11.8 Å². The van der Waals surface area contributed by atoms with Crippen molar-refractivity contribution in [2.24, 2.45) is 0 Å². The SMILES string of the molecule is CCOC(=O)N1[C@H]2CCC[C@@H]1C=C(OS(=O)(=O)C(F)(F)F)C2. The Morgan fingerprint density at radius 2 is 2.09 bits per heavy atom. The maximum Gasteiger partial charge on any atom is 0.534 e. The maximum atomic E-state index is 12.4. The molecule has 0 aliphatic carbocycles. The number of piperidine rings is 1. The van der Waals surface area contributed by atoms with Gasteiger partial charge in [-0.25, -0.2) is 4.79 Å². The van der Waals surface area contributed by atoms with Crippen molar-refractivity contribution in [1.82, 2.24) is 4.90 Å². The lowest BCUT2D eigenvalue weighted by atomic mass is 9.88. The van der Waals surface area contributed by atoms with Crippen molar-refractivity contribution < 1.29 is 35.3 Å². The normalized spacial score (nSPS) is 25.5. The Labute approximate surface area is 126 Å². The highest BCUT2D eigenvalue weighted by Crippen LogP contribution is 2.36. The molecule has 6 nitrogen and oxygen atoms in total. The smallest absolute Gasteiger partial charge is 0.450 e. The molecule has 1 fully saturated rings. The second kappa shape index (κ2) is 5.98. The molecule has 0 aromatic heterocycles. The highest BCUT2D eigenvalue weighted by Gasteiger charge is 2.50. The van der Waals surface area contributed by atoms with Gasteiger partial charge in [-0.1, -0.05) is 0 Å². The van der Waals surface area contributed by atoms with Crippen LogP contribution < -0.4 is 0 Å². The van der Waals surface area contributed by atoms with E-state index in [9.17, 15) is 26.4 Å². The highest BCUT2D eigenvalue weighted by atomic mass is 32.2. The first-order valence-electron chi connectivity index (χ1n) is 6.82. The molecule has 2 aliphatic heterocycles. The lowest BCUT2D eigenvalue weighted by molar-refractivity contribution is -0.0529. The fourth-order valence-corrected chi connectivity index (χ4v) is 3.22. The largest absolute Gasteiger partial charge is 0.534 e. The van der Waals surface area contributed by atoms with Crippen LogP contribution in [0.2, 0.25) is 0 Å². The van der Waals surface area contributed by atoms with Gasteiger partial charge >= 0.3 is 21.7 Å². The first kappa shape index (κ1) is 16.9. The van der Waals surface area contributed by atoms with Gasteiger partial charge in [-0.3, -0.25) is 4.90 Å². The molecule has 2 bridgehead atoms. The van der Waals surface area contributed by atoms with Gasteiger partial charge in [0, 0.05) is 12.5 Å². The number of alkyl halides is 3. The standard InChI is InChI=1S/C12H16F3NO5S/c1-2-20-11(17)16-8-4-3-5-9(16)7-10(6-8)21-22(18,19)12(13,14)15/h6,8-9H,2-5,7H2,1H3/t8-,9+/m1/s1. The molecule has 0 aromatic carbocycles. The minimum Gasteiger partial charge on any atom is -0.450 e. The third-order valence-electron chi connectivity index (χ3n) is 3.58. The van der Waals surface area contributed by atoms with Crippen molar-refractivity contribution >= 4 is 16.2 Å². The van der Waals surface area contributed by atoms with Crippen molar-refractivity contribution in [1.29, 1.82) is 0 Å². The van der Waals surface area contributed by atoms with Crippen LogP contribution in [0.25, 0.3) is 0 Å². The van der Waals surface area contributed by atoms with E-state index in [0.29, 0.717) is 12.8 Å². The molecule has 0 radical (unpaired) electrons. The summed E-state index contributed by atoms with van der Waals surface area (Å²) in [6, 6.07) is -0.925. The predicted molar refractivity (Wildman–Crippen MR) is 69.0 cm³/mol. The Morgan fingerprint density at radius 1 is 1.41 bits per heavy atom. The summed E-state index contributed by atoms with van der Waals surface area (Å²) in [5, 5.41) is 0. The van der Waals surface area contributed by atoms with Gasteiger partial charge in [-0.15, -0.1) is 0 Å². The Hall–Kier alpha value is -1.45. The van der Waals surface area contributed by atoms with E-state index in [2.05, 4.69) is 4.18 Å². The zero-order valence-corrected chi connectivity index (χ0v) is 12.6. The summed E-state index contributed by atoms with van der Waals surface area (Å²) >= 11 is 0. The molecule has 2 heterocycles. The topological polar surface area (TPSA) is 72.9 Å². The Morgan fingerprint density at radius 3 is 2.64 bits per heavy atom. The van der Waals surface area contributed by atoms with E-state index in [4.69, 9.17) is 4.74 Å². The fraction of sp³-hybridized carbons (Fsp3) is 0.750. The van der Waals surface area contributed by atoms with Gasteiger partial charge in [0.15, 0.2) is 0 Å². The summed E-state index contributed by atoms with van der Waals surface area (Å²) in [5.41, 5.74) is -5.47. The molecule has 10 heteroatoms. The third kappa shape index (κ3) is 3.31. The summed E-state index contributed by atoms with van der Waals surface area (Å²) in [5.74, 6) is -0.271. The second-order valence-electron chi connectivity index (χ2n) is 5.08. The van der Waals surface area contributed by atoms with Crippen molar-refractivity contribution in [3.8, 4) is 0 Å². The molecule has 1 saturated heterocycles. The number of fused-ring (bicyclic) bond motifs is 2. The van der Waals surface area contributed by atoms with E-state index in [0.717, 1.165) is 6.42 Å². The molecule has 126 valence electrons. The van der Waals surface area contributed by atoms with E-state index in [1.165, 1.54) is 11.0 Å². The van der Waals surface area contributed by atoms with Crippen LogP contribution in [0.5, 0.6) is 0 Å². The number of hydrogen-bond donors (Lipinski definition) is 0. The molecule has 0 spiro atoms. The van der Waals surface area contributed by atoms with Gasteiger partial charge in [-0.05, 0) is 32.3 Å². The van der Waals surface area contributed by atoms with Gasteiger partial charge in [-0.2, -0.15) is 21.6 Å². The minimum absolute atomic E-state index is 0.0787. The summed E-state index contributed by atoms with van der Waals surface area (Å²) < 4.78 is 68.3. The van der Waals surface area contributed by atoms with E-state index >= 15 is 0 Å². The summed E-state index contributed by atoms with van der Waals surface area (Å²) in [7, 11) is -5.68. The third-order valence-corrected chi connectivity index (χ3v) is 4.58. The number of ether oxygens (including phenoxy) is 1. The average Bonchev–Trinajstić information content (AvgIpc) is 2.35. The summed E-state index contributed by atoms with van der Waals surface area (Å²) in [6.45, 7) is 1.84. The first-order chi connectivity index (χ1) is 10.2. The predicted octanol–water partition coefficient (Wildman–Crippen LogP) is 2.52. The zero-order chi connectivity index (χ0) is 16.5. The van der Waals surface area contributed by atoms with Crippen LogP contribution in [0.3, 0.4) is 0 Å². The molecule has 0 N–H and O–H groups in total. The zero-order valence-electron chi connectivity index (χ0n) is 11.8. The van der Waals surface area contributed by atoms with Crippen LogP contribution in [0.1, 0.15) is 32.6 Å². The van der Waals surface area contributed by atoms with E-state index in [-0.39, 0.29) is 18.8 Å². The van der Waals surface area contributed by atoms with Crippen molar-refractivity contribution in [2.75, 3.05) is 6.61 Å². The number of halogens is 3. The Balaban J connectivity index is 2.19. The van der Waals surface area contributed by atoms with Crippen LogP contribution in [-0.4, -0.2) is 43.6 Å². The van der Waals surface area contributed by atoms with Crippen LogP contribution in [0, 0.1) is 0 Å². The molecular formula is C12H16F3NO5S. The molecule has 2 atom stereocenters. The van der Waals surface area contributed by atoms with Gasteiger partial charge < -0.3 is 8.92 Å². The number of carbonyl (C=O) groups is 1. The van der Waals surface area contributed by atoms with Crippen molar-refractivity contribution in [2.45, 2.75) is 50.2 Å². The molecule has 0 saturated carbocycles. The van der Waals surface area contributed by atoms with Gasteiger partial charge in [0.1, 0.15) is 5.76 Å². The molecule has 22 heavy (non-hydrogen) atoms.